The quantitative estimate of drug-likeness (QED) is 0.809. The molecule has 2 aromatic rings. The molecule has 0 bridgehead atoms. The second kappa shape index (κ2) is 10.2. The molecule has 2 unspecified atom stereocenters. The van der Waals surface area contributed by atoms with Gasteiger partial charge < -0.3 is 15.5 Å². The summed E-state index contributed by atoms with van der Waals surface area (Å²) < 4.78 is 0. The van der Waals surface area contributed by atoms with E-state index in [1.54, 1.807) is 19.1 Å². The summed E-state index contributed by atoms with van der Waals surface area (Å²) in [5.41, 5.74) is 2.96. The lowest BCUT2D eigenvalue weighted by Crippen LogP contribution is -2.54. The summed E-state index contributed by atoms with van der Waals surface area (Å²) in [5, 5.41) is 6.20. The fourth-order valence-electron chi connectivity index (χ4n) is 3.42. The molecule has 1 heterocycles. The molecule has 150 valence electrons. The van der Waals surface area contributed by atoms with Gasteiger partial charge >= 0.3 is 0 Å². The summed E-state index contributed by atoms with van der Waals surface area (Å²) in [4.78, 5) is 27.3. The van der Waals surface area contributed by atoms with E-state index >= 15 is 0 Å². The number of carbonyl (C=O) groups is 2. The molecule has 0 aromatic heterocycles. The van der Waals surface area contributed by atoms with Gasteiger partial charge in [-0.2, -0.15) is 0 Å². The molecule has 2 amide bonds. The Labute approximate surface area is 172 Å². The standard InChI is InChI=1S/C22H27N3O2.ClH/c1-3-17-9-11-18(12-10-17)20-15-23-13-14-25(20)22(27)16(2)24-21(26)19-7-5-4-6-8-19;/h4-12,16,20,23H,3,13-15H2,1-2H3,(H,24,26);1H. The second-order valence-electron chi connectivity index (χ2n) is 6.91. The van der Waals surface area contributed by atoms with Crippen molar-refractivity contribution in [1.29, 1.82) is 0 Å². The van der Waals surface area contributed by atoms with Crippen LogP contribution in [-0.2, 0) is 11.2 Å². The topological polar surface area (TPSA) is 61.4 Å². The molecule has 5 nitrogen and oxygen atoms in total. The Morgan fingerprint density at radius 2 is 1.82 bits per heavy atom. The lowest BCUT2D eigenvalue weighted by molar-refractivity contribution is -0.136. The van der Waals surface area contributed by atoms with Crippen molar-refractivity contribution < 1.29 is 9.59 Å². The Bertz CT molecular complexity index is 780. The van der Waals surface area contributed by atoms with E-state index in [4.69, 9.17) is 0 Å². The van der Waals surface area contributed by atoms with Crippen LogP contribution in [-0.4, -0.2) is 42.4 Å². The molecule has 1 aliphatic heterocycles. The van der Waals surface area contributed by atoms with Crippen molar-refractivity contribution in [1.82, 2.24) is 15.5 Å². The van der Waals surface area contributed by atoms with Gasteiger partial charge in [-0.1, -0.05) is 49.4 Å². The maximum atomic E-state index is 13.1. The van der Waals surface area contributed by atoms with E-state index in [1.165, 1.54) is 5.56 Å². The predicted molar refractivity (Wildman–Crippen MR) is 114 cm³/mol. The van der Waals surface area contributed by atoms with Crippen molar-refractivity contribution in [3.05, 3.63) is 71.3 Å². The average molecular weight is 402 g/mol. The Kier molecular flexibility index (Phi) is 8.03. The third-order valence-electron chi connectivity index (χ3n) is 5.05. The summed E-state index contributed by atoms with van der Waals surface area (Å²) >= 11 is 0. The minimum absolute atomic E-state index is 0. The highest BCUT2D eigenvalue weighted by Gasteiger charge is 2.31. The molecule has 28 heavy (non-hydrogen) atoms. The van der Waals surface area contributed by atoms with Crippen molar-refractivity contribution in [3.8, 4) is 0 Å². The molecule has 2 aromatic carbocycles. The van der Waals surface area contributed by atoms with E-state index in [0.29, 0.717) is 12.1 Å². The third kappa shape index (κ3) is 5.12. The van der Waals surface area contributed by atoms with Crippen LogP contribution >= 0.6 is 12.4 Å². The first-order valence-corrected chi connectivity index (χ1v) is 9.56. The monoisotopic (exact) mass is 401 g/mol. The molecule has 2 atom stereocenters. The molecule has 0 radical (unpaired) electrons. The van der Waals surface area contributed by atoms with Crippen LogP contribution < -0.4 is 10.6 Å². The summed E-state index contributed by atoms with van der Waals surface area (Å²) in [7, 11) is 0. The SMILES string of the molecule is CCc1ccc(C2CNCCN2C(=O)C(C)NC(=O)c2ccccc2)cc1.Cl. The zero-order valence-corrected chi connectivity index (χ0v) is 17.2. The number of halogens is 1. The number of hydrogen-bond acceptors (Lipinski definition) is 3. The number of nitrogens with zero attached hydrogens (tertiary/aromatic N) is 1. The van der Waals surface area contributed by atoms with E-state index in [9.17, 15) is 9.59 Å². The van der Waals surface area contributed by atoms with Gasteiger partial charge in [-0.15, -0.1) is 12.4 Å². The van der Waals surface area contributed by atoms with E-state index in [0.717, 1.165) is 25.1 Å². The first-order valence-electron chi connectivity index (χ1n) is 9.56. The van der Waals surface area contributed by atoms with E-state index in [2.05, 4.69) is 41.8 Å². The first kappa shape index (κ1) is 21.9. The van der Waals surface area contributed by atoms with E-state index in [-0.39, 0.29) is 30.3 Å². The van der Waals surface area contributed by atoms with Crippen LogP contribution in [0.1, 0.15) is 41.4 Å². The molecule has 6 heteroatoms. The third-order valence-corrected chi connectivity index (χ3v) is 5.05. The molecule has 1 saturated heterocycles. The zero-order valence-electron chi connectivity index (χ0n) is 16.4. The lowest BCUT2D eigenvalue weighted by atomic mass is 10.00. The number of benzene rings is 2. The summed E-state index contributed by atoms with van der Waals surface area (Å²) in [6.07, 6.45) is 0.994. The Morgan fingerprint density at radius 3 is 2.46 bits per heavy atom. The van der Waals surface area contributed by atoms with Crippen LogP contribution in [0.2, 0.25) is 0 Å². The summed E-state index contributed by atoms with van der Waals surface area (Å²) in [6, 6.07) is 16.8. The molecular formula is C22H28ClN3O2. The van der Waals surface area contributed by atoms with Gasteiger partial charge in [0, 0.05) is 25.2 Å². The minimum atomic E-state index is -0.576. The highest BCUT2D eigenvalue weighted by atomic mass is 35.5. The van der Waals surface area contributed by atoms with E-state index < -0.39 is 6.04 Å². The van der Waals surface area contributed by atoms with Crippen LogP contribution in [0, 0.1) is 0 Å². The number of carbonyl (C=O) groups excluding carboxylic acids is 2. The fourth-order valence-corrected chi connectivity index (χ4v) is 3.42. The summed E-state index contributed by atoms with van der Waals surface area (Å²) in [5.74, 6) is -0.277. The van der Waals surface area contributed by atoms with Gasteiger partial charge in [-0.25, -0.2) is 0 Å². The molecule has 1 aliphatic rings. The molecule has 0 saturated carbocycles. The first-order chi connectivity index (χ1) is 13.1. The number of piperazine rings is 1. The molecule has 0 spiro atoms. The zero-order chi connectivity index (χ0) is 19.2. The van der Waals surface area contributed by atoms with Crippen molar-refractivity contribution in [3.63, 3.8) is 0 Å². The fraction of sp³-hybridized carbons (Fsp3) is 0.364. The smallest absolute Gasteiger partial charge is 0.251 e. The van der Waals surface area contributed by atoms with Crippen LogP contribution in [0.5, 0.6) is 0 Å². The molecule has 2 N–H and O–H groups in total. The van der Waals surface area contributed by atoms with Crippen LogP contribution in [0.4, 0.5) is 0 Å². The predicted octanol–water partition coefficient (Wildman–Crippen LogP) is 2.96. The van der Waals surface area contributed by atoms with Gasteiger partial charge in [-0.3, -0.25) is 9.59 Å². The van der Waals surface area contributed by atoms with E-state index in [1.807, 2.05) is 23.1 Å². The number of hydrogen-bond donors (Lipinski definition) is 2. The normalized spacial score (nSPS) is 17.4. The number of amides is 2. The Balaban J connectivity index is 0.00000280. The minimum Gasteiger partial charge on any atom is -0.341 e. The lowest BCUT2D eigenvalue weighted by Gasteiger charge is -2.38. The Hall–Kier alpha value is -2.37. The molecular weight excluding hydrogens is 374 g/mol. The van der Waals surface area contributed by atoms with Gasteiger partial charge in [0.2, 0.25) is 5.91 Å². The summed E-state index contributed by atoms with van der Waals surface area (Å²) in [6.45, 7) is 5.99. The van der Waals surface area contributed by atoms with Crippen LogP contribution in [0.15, 0.2) is 54.6 Å². The highest BCUT2D eigenvalue weighted by Crippen LogP contribution is 2.23. The van der Waals surface area contributed by atoms with Gasteiger partial charge in [0.15, 0.2) is 0 Å². The number of aryl methyl sites for hydroxylation is 1. The molecule has 0 aliphatic carbocycles. The van der Waals surface area contributed by atoms with Gasteiger partial charge in [-0.05, 0) is 36.6 Å². The van der Waals surface area contributed by atoms with Gasteiger partial charge in [0.25, 0.3) is 5.91 Å². The van der Waals surface area contributed by atoms with Crippen molar-refractivity contribution in [2.75, 3.05) is 19.6 Å². The van der Waals surface area contributed by atoms with Crippen molar-refractivity contribution in [2.24, 2.45) is 0 Å². The second-order valence-corrected chi connectivity index (χ2v) is 6.91. The molecule has 3 rings (SSSR count). The van der Waals surface area contributed by atoms with Crippen LogP contribution in [0.25, 0.3) is 0 Å². The van der Waals surface area contributed by atoms with Gasteiger partial charge in [0.1, 0.15) is 6.04 Å². The maximum absolute atomic E-state index is 13.1. The maximum Gasteiger partial charge on any atom is 0.251 e. The van der Waals surface area contributed by atoms with Crippen LogP contribution in [0.3, 0.4) is 0 Å². The number of rotatable bonds is 5. The Morgan fingerprint density at radius 1 is 1.14 bits per heavy atom. The number of nitrogens with one attached hydrogen (secondary N) is 2. The highest BCUT2D eigenvalue weighted by molar-refractivity contribution is 5.97. The van der Waals surface area contributed by atoms with Crippen molar-refractivity contribution >= 4 is 24.2 Å². The van der Waals surface area contributed by atoms with Crippen molar-refractivity contribution in [2.45, 2.75) is 32.4 Å². The largest absolute Gasteiger partial charge is 0.341 e. The van der Waals surface area contributed by atoms with Gasteiger partial charge in [0.05, 0.1) is 6.04 Å². The average Bonchev–Trinajstić information content (AvgIpc) is 2.73. The molecule has 1 fully saturated rings.